The highest BCUT2D eigenvalue weighted by Crippen LogP contribution is 2.22. The molecule has 122 valence electrons. The van der Waals surface area contributed by atoms with Gasteiger partial charge in [0, 0.05) is 19.6 Å². The molecule has 0 radical (unpaired) electrons. The first-order valence-electron chi connectivity index (χ1n) is 8.16. The van der Waals surface area contributed by atoms with Crippen molar-refractivity contribution in [2.24, 2.45) is 0 Å². The monoisotopic (exact) mass is 321 g/mol. The van der Waals surface area contributed by atoms with E-state index in [1.807, 2.05) is 47.4 Å². The van der Waals surface area contributed by atoms with Crippen LogP contribution in [0.15, 0.2) is 54.6 Å². The third-order valence-electron chi connectivity index (χ3n) is 4.45. The van der Waals surface area contributed by atoms with Gasteiger partial charge in [-0.2, -0.15) is 0 Å². The van der Waals surface area contributed by atoms with Crippen molar-refractivity contribution in [2.45, 2.75) is 12.6 Å². The number of nitrogens with one attached hydrogen (secondary N) is 1. The lowest BCUT2D eigenvalue weighted by Crippen LogP contribution is -2.49. The van der Waals surface area contributed by atoms with E-state index in [2.05, 4.69) is 27.8 Å². The number of carbonyl (C=O) groups excluding carboxylic acids is 1. The zero-order chi connectivity index (χ0) is 16.4. The van der Waals surface area contributed by atoms with Gasteiger partial charge in [-0.3, -0.25) is 4.79 Å². The predicted molar refractivity (Wildman–Crippen MR) is 91.3 cm³/mol. The van der Waals surface area contributed by atoms with Crippen molar-refractivity contribution < 1.29 is 4.79 Å². The summed E-state index contributed by atoms with van der Waals surface area (Å²) in [6.45, 7) is 2.50. The van der Waals surface area contributed by atoms with E-state index in [1.54, 1.807) is 4.68 Å². The third kappa shape index (κ3) is 2.76. The van der Waals surface area contributed by atoms with E-state index in [0.29, 0.717) is 6.54 Å². The summed E-state index contributed by atoms with van der Waals surface area (Å²) < 4.78 is 1.68. The van der Waals surface area contributed by atoms with Crippen molar-refractivity contribution >= 4 is 16.9 Å². The molecule has 1 N–H and O–H groups in total. The maximum absolute atomic E-state index is 12.9. The second-order valence-electron chi connectivity index (χ2n) is 5.95. The summed E-state index contributed by atoms with van der Waals surface area (Å²) >= 11 is 0. The molecule has 1 atom stereocenters. The molecule has 24 heavy (non-hydrogen) atoms. The quantitative estimate of drug-likeness (QED) is 0.796. The minimum Gasteiger partial charge on any atom is -0.331 e. The van der Waals surface area contributed by atoms with Crippen LogP contribution >= 0.6 is 0 Å². The Kier molecular flexibility index (Phi) is 3.96. The lowest BCUT2D eigenvalue weighted by molar-refractivity contribution is -0.135. The Morgan fingerprint density at radius 1 is 1.12 bits per heavy atom. The summed E-state index contributed by atoms with van der Waals surface area (Å²) in [6.07, 6.45) is 0. The Morgan fingerprint density at radius 3 is 2.79 bits per heavy atom. The largest absolute Gasteiger partial charge is 0.331 e. The van der Waals surface area contributed by atoms with E-state index in [0.717, 1.165) is 29.7 Å². The molecule has 0 bridgehead atoms. The number of fused-ring (bicyclic) bond motifs is 1. The number of amides is 1. The van der Waals surface area contributed by atoms with Crippen LogP contribution in [0.2, 0.25) is 0 Å². The SMILES string of the molecule is O=C(Cn1nnc2ccccc21)N1CCNCC1c1ccccc1. The molecule has 2 heterocycles. The molecule has 2 aromatic carbocycles. The van der Waals surface area contributed by atoms with Crippen LogP contribution in [0.1, 0.15) is 11.6 Å². The molecule has 1 fully saturated rings. The number of para-hydroxylation sites is 1. The van der Waals surface area contributed by atoms with Gasteiger partial charge in [-0.15, -0.1) is 5.10 Å². The van der Waals surface area contributed by atoms with Crippen molar-refractivity contribution in [3.05, 3.63) is 60.2 Å². The lowest BCUT2D eigenvalue weighted by Gasteiger charge is -2.36. The van der Waals surface area contributed by atoms with Crippen molar-refractivity contribution in [3.63, 3.8) is 0 Å². The molecule has 0 saturated carbocycles. The smallest absolute Gasteiger partial charge is 0.245 e. The Labute approximate surface area is 140 Å². The Morgan fingerprint density at radius 2 is 1.92 bits per heavy atom. The Balaban J connectivity index is 1.58. The van der Waals surface area contributed by atoms with Gasteiger partial charge in [0.25, 0.3) is 0 Å². The molecular weight excluding hydrogens is 302 g/mol. The number of hydrogen-bond acceptors (Lipinski definition) is 4. The van der Waals surface area contributed by atoms with Crippen LogP contribution < -0.4 is 5.32 Å². The fourth-order valence-electron chi connectivity index (χ4n) is 3.23. The van der Waals surface area contributed by atoms with Crippen LogP contribution in [-0.4, -0.2) is 45.4 Å². The first-order chi connectivity index (χ1) is 11.8. The molecule has 1 unspecified atom stereocenters. The average Bonchev–Trinajstić information content (AvgIpc) is 3.05. The van der Waals surface area contributed by atoms with Crippen LogP contribution in [0.25, 0.3) is 11.0 Å². The first kappa shape index (κ1) is 14.8. The fraction of sp³-hybridized carbons (Fsp3) is 0.278. The van der Waals surface area contributed by atoms with Crippen molar-refractivity contribution in [2.75, 3.05) is 19.6 Å². The summed E-state index contributed by atoms with van der Waals surface area (Å²) in [6, 6.07) is 17.9. The van der Waals surface area contributed by atoms with Gasteiger partial charge in [-0.05, 0) is 17.7 Å². The summed E-state index contributed by atoms with van der Waals surface area (Å²) in [5.74, 6) is 0.0704. The van der Waals surface area contributed by atoms with Crippen LogP contribution in [0, 0.1) is 0 Å². The molecule has 6 heteroatoms. The molecule has 4 rings (SSSR count). The summed E-state index contributed by atoms with van der Waals surface area (Å²) in [4.78, 5) is 14.8. The van der Waals surface area contributed by atoms with Crippen LogP contribution in [0.3, 0.4) is 0 Å². The lowest BCUT2D eigenvalue weighted by atomic mass is 10.0. The maximum atomic E-state index is 12.9. The fourth-order valence-corrected chi connectivity index (χ4v) is 3.23. The zero-order valence-electron chi connectivity index (χ0n) is 13.3. The van der Waals surface area contributed by atoms with Gasteiger partial charge >= 0.3 is 0 Å². The van der Waals surface area contributed by atoms with Crippen molar-refractivity contribution in [3.8, 4) is 0 Å². The van der Waals surface area contributed by atoms with Gasteiger partial charge in [0.1, 0.15) is 12.1 Å². The molecule has 1 aliphatic heterocycles. The number of rotatable bonds is 3. The van der Waals surface area contributed by atoms with E-state index in [9.17, 15) is 4.79 Å². The first-order valence-corrected chi connectivity index (χ1v) is 8.16. The average molecular weight is 321 g/mol. The Bertz CT molecular complexity index is 845. The van der Waals surface area contributed by atoms with E-state index in [-0.39, 0.29) is 18.5 Å². The van der Waals surface area contributed by atoms with Gasteiger partial charge in [0.05, 0.1) is 11.6 Å². The molecule has 1 aliphatic rings. The van der Waals surface area contributed by atoms with E-state index in [4.69, 9.17) is 0 Å². The number of piperazine rings is 1. The van der Waals surface area contributed by atoms with Crippen LogP contribution in [-0.2, 0) is 11.3 Å². The van der Waals surface area contributed by atoms with Gasteiger partial charge < -0.3 is 10.2 Å². The minimum atomic E-state index is 0.0576. The molecule has 0 aliphatic carbocycles. The molecule has 1 aromatic heterocycles. The summed E-state index contributed by atoms with van der Waals surface area (Å²) in [5, 5.41) is 11.6. The molecule has 1 saturated heterocycles. The summed E-state index contributed by atoms with van der Waals surface area (Å²) in [7, 11) is 0. The molecular formula is C18H19N5O. The van der Waals surface area contributed by atoms with Gasteiger partial charge in [-0.25, -0.2) is 4.68 Å². The molecule has 3 aromatic rings. The highest BCUT2D eigenvalue weighted by molar-refractivity contribution is 5.80. The predicted octanol–water partition coefficient (Wildman–Crippen LogP) is 1.60. The molecule has 0 spiro atoms. The highest BCUT2D eigenvalue weighted by Gasteiger charge is 2.28. The second-order valence-corrected chi connectivity index (χ2v) is 5.95. The zero-order valence-corrected chi connectivity index (χ0v) is 13.3. The standard InChI is InChI=1S/C18H19N5O/c24-18(13-23-16-9-5-4-8-15(16)20-21-23)22-11-10-19-12-17(22)14-6-2-1-3-7-14/h1-9,17,19H,10-13H2. The number of aromatic nitrogens is 3. The normalized spacial score (nSPS) is 18.0. The summed E-state index contributed by atoms with van der Waals surface area (Å²) in [5.41, 5.74) is 2.85. The van der Waals surface area contributed by atoms with E-state index in [1.165, 1.54) is 0 Å². The van der Waals surface area contributed by atoms with Crippen molar-refractivity contribution in [1.82, 2.24) is 25.2 Å². The molecule has 1 amide bonds. The maximum Gasteiger partial charge on any atom is 0.245 e. The van der Waals surface area contributed by atoms with Gasteiger partial charge in [0.15, 0.2) is 0 Å². The van der Waals surface area contributed by atoms with Gasteiger partial charge in [0.2, 0.25) is 5.91 Å². The van der Waals surface area contributed by atoms with Crippen molar-refractivity contribution in [1.29, 1.82) is 0 Å². The topological polar surface area (TPSA) is 63.1 Å². The van der Waals surface area contributed by atoms with Crippen LogP contribution in [0.5, 0.6) is 0 Å². The number of benzene rings is 2. The van der Waals surface area contributed by atoms with E-state index < -0.39 is 0 Å². The minimum absolute atomic E-state index is 0.0576. The number of hydrogen-bond donors (Lipinski definition) is 1. The second kappa shape index (κ2) is 6.41. The number of carbonyl (C=O) groups is 1. The third-order valence-corrected chi connectivity index (χ3v) is 4.45. The van der Waals surface area contributed by atoms with Gasteiger partial charge in [-0.1, -0.05) is 47.7 Å². The Hall–Kier alpha value is -2.73. The number of nitrogens with zero attached hydrogens (tertiary/aromatic N) is 4. The van der Waals surface area contributed by atoms with E-state index >= 15 is 0 Å². The van der Waals surface area contributed by atoms with Crippen LogP contribution in [0.4, 0.5) is 0 Å². The highest BCUT2D eigenvalue weighted by atomic mass is 16.2. The molecule has 6 nitrogen and oxygen atoms in total.